The number of unbranched alkanes of at least 4 members (excludes halogenated alkanes) is 1. The number of carbonyl (C=O) groups is 1. The summed E-state index contributed by atoms with van der Waals surface area (Å²) in [6.45, 7) is 6.72. The zero-order valence-electron chi connectivity index (χ0n) is 12.1. The molecule has 1 aliphatic carbocycles. The number of piperidine rings is 1. The Bertz CT molecular complexity index is 281. The second kappa shape index (κ2) is 6.18. The number of hydrogen-bond donors (Lipinski definition) is 1. The van der Waals surface area contributed by atoms with Crippen molar-refractivity contribution in [2.45, 2.75) is 65.2 Å². The van der Waals surface area contributed by atoms with Gasteiger partial charge in [-0.2, -0.15) is 0 Å². The maximum atomic E-state index is 12.4. The highest BCUT2D eigenvalue weighted by Gasteiger charge is 2.57. The van der Waals surface area contributed by atoms with Crippen molar-refractivity contribution >= 4 is 5.78 Å². The molecule has 1 saturated heterocycles. The lowest BCUT2D eigenvalue weighted by Gasteiger charge is -2.23. The monoisotopic (exact) mass is 251 g/mol. The molecule has 0 radical (unpaired) electrons. The van der Waals surface area contributed by atoms with Crippen molar-refractivity contribution in [3.8, 4) is 0 Å². The van der Waals surface area contributed by atoms with Crippen LogP contribution in [0.3, 0.4) is 0 Å². The van der Waals surface area contributed by atoms with E-state index in [1.165, 1.54) is 44.9 Å². The zero-order valence-corrected chi connectivity index (χ0v) is 12.1. The van der Waals surface area contributed by atoms with Crippen LogP contribution in [0.5, 0.6) is 0 Å². The fraction of sp³-hybridized carbons (Fsp3) is 0.938. The van der Waals surface area contributed by atoms with Crippen LogP contribution in [0.25, 0.3) is 0 Å². The van der Waals surface area contributed by atoms with Crippen molar-refractivity contribution in [3.63, 3.8) is 0 Å². The molecule has 1 N–H and O–H groups in total. The number of rotatable bonds is 7. The van der Waals surface area contributed by atoms with Crippen molar-refractivity contribution in [2.75, 3.05) is 13.1 Å². The summed E-state index contributed by atoms with van der Waals surface area (Å²) in [6.07, 6.45) is 9.47. The van der Waals surface area contributed by atoms with E-state index in [0.717, 1.165) is 19.5 Å². The lowest BCUT2D eigenvalue weighted by molar-refractivity contribution is -0.122. The molecule has 2 aliphatic rings. The summed E-state index contributed by atoms with van der Waals surface area (Å²) >= 11 is 0. The molecule has 2 heteroatoms. The minimum Gasteiger partial charge on any atom is -0.317 e. The fourth-order valence-electron chi connectivity index (χ4n) is 3.65. The van der Waals surface area contributed by atoms with Crippen LogP contribution >= 0.6 is 0 Å². The van der Waals surface area contributed by atoms with Crippen LogP contribution in [0.4, 0.5) is 0 Å². The highest BCUT2D eigenvalue weighted by molar-refractivity contribution is 5.85. The van der Waals surface area contributed by atoms with Gasteiger partial charge in [0.1, 0.15) is 5.78 Å². The lowest BCUT2D eigenvalue weighted by atomic mass is 9.87. The topological polar surface area (TPSA) is 29.1 Å². The van der Waals surface area contributed by atoms with E-state index in [4.69, 9.17) is 0 Å². The predicted octanol–water partition coefficient (Wildman–Crippen LogP) is 3.55. The van der Waals surface area contributed by atoms with Gasteiger partial charge in [0.25, 0.3) is 0 Å². The van der Waals surface area contributed by atoms with Gasteiger partial charge in [-0.15, -0.1) is 0 Å². The van der Waals surface area contributed by atoms with Gasteiger partial charge >= 0.3 is 0 Å². The maximum absolute atomic E-state index is 12.4. The maximum Gasteiger partial charge on any atom is 0.136 e. The molecule has 2 rings (SSSR count). The van der Waals surface area contributed by atoms with Crippen LogP contribution in [-0.4, -0.2) is 18.9 Å². The van der Waals surface area contributed by atoms with Gasteiger partial charge < -0.3 is 5.32 Å². The summed E-state index contributed by atoms with van der Waals surface area (Å²) in [5.74, 6) is 1.66. The zero-order chi connectivity index (χ0) is 13.0. The molecule has 0 aromatic heterocycles. The number of Topliss-reactive ketones (excluding diaryl/α,β-unsaturated/α-hetero) is 1. The minimum atomic E-state index is 0.426. The Balaban J connectivity index is 1.78. The van der Waals surface area contributed by atoms with Crippen LogP contribution in [0, 0.1) is 17.3 Å². The van der Waals surface area contributed by atoms with Crippen LogP contribution in [0.2, 0.25) is 0 Å². The third kappa shape index (κ3) is 3.14. The Morgan fingerprint density at radius 2 is 2.06 bits per heavy atom. The van der Waals surface area contributed by atoms with Crippen molar-refractivity contribution in [1.29, 1.82) is 0 Å². The summed E-state index contributed by atoms with van der Waals surface area (Å²) in [5, 5.41) is 3.41. The first kappa shape index (κ1) is 14.0. The van der Waals surface area contributed by atoms with Gasteiger partial charge in [0.05, 0.1) is 0 Å². The van der Waals surface area contributed by atoms with E-state index in [-0.39, 0.29) is 0 Å². The Morgan fingerprint density at radius 3 is 2.67 bits per heavy atom. The van der Waals surface area contributed by atoms with E-state index < -0.39 is 0 Å². The molecule has 0 bridgehead atoms. The molecule has 18 heavy (non-hydrogen) atoms. The number of hydrogen-bond acceptors (Lipinski definition) is 2. The van der Waals surface area contributed by atoms with Crippen molar-refractivity contribution in [1.82, 2.24) is 5.32 Å². The largest absolute Gasteiger partial charge is 0.317 e. The Hall–Kier alpha value is -0.370. The van der Waals surface area contributed by atoms with Crippen molar-refractivity contribution < 1.29 is 4.79 Å². The van der Waals surface area contributed by atoms with E-state index >= 15 is 0 Å². The van der Waals surface area contributed by atoms with Gasteiger partial charge in [0, 0.05) is 12.3 Å². The van der Waals surface area contributed by atoms with Crippen LogP contribution < -0.4 is 5.32 Å². The van der Waals surface area contributed by atoms with Crippen LogP contribution in [-0.2, 0) is 4.79 Å². The summed E-state index contributed by atoms with van der Waals surface area (Å²) < 4.78 is 0. The summed E-state index contributed by atoms with van der Waals surface area (Å²) in [6, 6.07) is 0. The molecule has 2 fully saturated rings. The number of nitrogens with one attached hydrogen (secondary N) is 1. The van der Waals surface area contributed by atoms with Gasteiger partial charge in [-0.1, -0.05) is 39.5 Å². The molecule has 1 aliphatic heterocycles. The van der Waals surface area contributed by atoms with Crippen molar-refractivity contribution in [3.05, 3.63) is 0 Å². The Labute approximate surface area is 112 Å². The van der Waals surface area contributed by atoms with E-state index in [1.807, 2.05) is 0 Å². The van der Waals surface area contributed by atoms with Crippen LogP contribution in [0.1, 0.15) is 65.2 Å². The smallest absolute Gasteiger partial charge is 0.136 e. The fourth-order valence-corrected chi connectivity index (χ4v) is 3.65. The average molecular weight is 251 g/mol. The van der Waals surface area contributed by atoms with E-state index in [2.05, 4.69) is 19.2 Å². The second-order valence-electron chi connectivity index (χ2n) is 6.46. The molecule has 1 spiro atoms. The third-order valence-corrected chi connectivity index (χ3v) is 5.21. The second-order valence-corrected chi connectivity index (χ2v) is 6.46. The van der Waals surface area contributed by atoms with E-state index in [0.29, 0.717) is 23.0 Å². The standard InChI is InChI=1S/C16H29NO/c1-3-5-6-13(4-2)11-15(18)14-12-16(14)7-9-17-10-8-16/h13-14,17H,3-12H2,1-2H3. The molecule has 104 valence electrons. The first-order chi connectivity index (χ1) is 8.72. The van der Waals surface area contributed by atoms with E-state index in [9.17, 15) is 4.79 Å². The highest BCUT2D eigenvalue weighted by atomic mass is 16.1. The first-order valence-corrected chi connectivity index (χ1v) is 7.95. The summed E-state index contributed by atoms with van der Waals surface area (Å²) in [4.78, 5) is 12.4. The molecule has 1 heterocycles. The van der Waals surface area contributed by atoms with Gasteiger partial charge in [0.15, 0.2) is 0 Å². The quantitative estimate of drug-likeness (QED) is 0.749. The third-order valence-electron chi connectivity index (χ3n) is 5.21. The normalized spacial score (nSPS) is 27.1. The number of ketones is 1. The molecule has 2 nitrogen and oxygen atoms in total. The van der Waals surface area contributed by atoms with Gasteiger partial charge in [-0.25, -0.2) is 0 Å². The molecular formula is C16H29NO. The van der Waals surface area contributed by atoms with Crippen LogP contribution in [0.15, 0.2) is 0 Å². The van der Waals surface area contributed by atoms with E-state index in [1.54, 1.807) is 0 Å². The van der Waals surface area contributed by atoms with Gasteiger partial charge in [-0.3, -0.25) is 4.79 Å². The molecule has 0 aromatic rings. The highest BCUT2D eigenvalue weighted by Crippen LogP contribution is 2.59. The van der Waals surface area contributed by atoms with Gasteiger partial charge in [0.2, 0.25) is 0 Å². The average Bonchev–Trinajstić information content (AvgIpc) is 3.08. The summed E-state index contributed by atoms with van der Waals surface area (Å²) in [7, 11) is 0. The predicted molar refractivity (Wildman–Crippen MR) is 75.6 cm³/mol. The minimum absolute atomic E-state index is 0.426. The lowest BCUT2D eigenvalue weighted by Crippen LogP contribution is -2.31. The van der Waals surface area contributed by atoms with Crippen molar-refractivity contribution in [2.24, 2.45) is 17.3 Å². The molecule has 2 atom stereocenters. The first-order valence-electron chi connectivity index (χ1n) is 7.95. The Kier molecular flexibility index (Phi) is 4.83. The summed E-state index contributed by atoms with van der Waals surface area (Å²) in [5.41, 5.74) is 0.436. The van der Waals surface area contributed by atoms with Gasteiger partial charge in [-0.05, 0) is 43.7 Å². The molecule has 0 amide bonds. The molecular weight excluding hydrogens is 222 g/mol. The Morgan fingerprint density at radius 1 is 1.33 bits per heavy atom. The molecule has 0 aromatic carbocycles. The SMILES string of the molecule is CCCCC(CC)CC(=O)C1CC12CCNCC2. The molecule has 1 saturated carbocycles. The number of carbonyl (C=O) groups excluding carboxylic acids is 1. The molecule has 2 unspecified atom stereocenters.